The van der Waals surface area contributed by atoms with Crippen LogP contribution in [0.25, 0.3) is 0 Å². The maximum Gasteiger partial charge on any atom is 0.202 e. The van der Waals surface area contributed by atoms with Crippen molar-refractivity contribution in [1.82, 2.24) is 0 Å². The molecular formula is C7H17O2P. The second-order valence-electron chi connectivity index (χ2n) is 3.16. The van der Waals surface area contributed by atoms with Crippen molar-refractivity contribution in [2.24, 2.45) is 0 Å². The van der Waals surface area contributed by atoms with E-state index in [0.29, 0.717) is 0 Å². The van der Waals surface area contributed by atoms with E-state index in [9.17, 15) is 4.57 Å². The van der Waals surface area contributed by atoms with Crippen molar-refractivity contribution >= 4 is 7.37 Å². The van der Waals surface area contributed by atoms with Crippen molar-refractivity contribution in [3.05, 3.63) is 0 Å². The van der Waals surface area contributed by atoms with Gasteiger partial charge < -0.3 is 4.52 Å². The van der Waals surface area contributed by atoms with Gasteiger partial charge in [0.05, 0.1) is 6.10 Å². The SMILES string of the molecule is CC(C)O[P@](C)(=O)C(C)C. The van der Waals surface area contributed by atoms with E-state index in [0.717, 1.165) is 0 Å². The van der Waals surface area contributed by atoms with E-state index in [1.165, 1.54) is 0 Å². The highest BCUT2D eigenvalue weighted by atomic mass is 31.2. The highest BCUT2D eigenvalue weighted by Gasteiger charge is 2.21. The van der Waals surface area contributed by atoms with Gasteiger partial charge in [-0.1, -0.05) is 13.8 Å². The van der Waals surface area contributed by atoms with Crippen LogP contribution in [0.1, 0.15) is 27.7 Å². The van der Waals surface area contributed by atoms with Gasteiger partial charge in [0.25, 0.3) is 0 Å². The fourth-order valence-electron chi connectivity index (χ4n) is 0.540. The third kappa shape index (κ3) is 3.38. The van der Waals surface area contributed by atoms with Crippen molar-refractivity contribution in [2.75, 3.05) is 6.66 Å². The normalized spacial score (nSPS) is 17.9. The van der Waals surface area contributed by atoms with Gasteiger partial charge >= 0.3 is 0 Å². The summed E-state index contributed by atoms with van der Waals surface area (Å²) in [6.45, 7) is 9.33. The first-order valence-electron chi connectivity index (χ1n) is 3.62. The number of hydrogen-bond donors (Lipinski definition) is 0. The van der Waals surface area contributed by atoms with Gasteiger partial charge in [0, 0.05) is 12.3 Å². The minimum absolute atomic E-state index is 0.0678. The first-order valence-corrected chi connectivity index (χ1v) is 5.76. The molecule has 3 heteroatoms. The predicted molar refractivity (Wildman–Crippen MR) is 44.9 cm³/mol. The van der Waals surface area contributed by atoms with Crippen molar-refractivity contribution in [2.45, 2.75) is 39.5 Å². The summed E-state index contributed by atoms with van der Waals surface area (Å²) in [5, 5.41) is 0. The van der Waals surface area contributed by atoms with Crippen molar-refractivity contribution in [1.29, 1.82) is 0 Å². The van der Waals surface area contributed by atoms with Crippen LogP contribution in [-0.4, -0.2) is 18.4 Å². The van der Waals surface area contributed by atoms with Crippen molar-refractivity contribution < 1.29 is 9.09 Å². The standard InChI is InChI=1S/C7H17O2P/c1-6(2)9-10(5,8)7(3)4/h6-7H,1-5H3/t10-/m0/s1. The summed E-state index contributed by atoms with van der Waals surface area (Å²) in [5.41, 5.74) is 0.134. The zero-order chi connectivity index (χ0) is 8.36. The molecule has 0 amide bonds. The Kier molecular flexibility index (Phi) is 3.61. The minimum Gasteiger partial charge on any atom is -0.326 e. The van der Waals surface area contributed by atoms with E-state index in [2.05, 4.69) is 0 Å². The molecule has 1 atom stereocenters. The molecule has 0 saturated heterocycles. The highest BCUT2D eigenvalue weighted by Crippen LogP contribution is 2.48. The summed E-state index contributed by atoms with van der Waals surface area (Å²) in [6.07, 6.45) is 0.0678. The average molecular weight is 164 g/mol. The summed E-state index contributed by atoms with van der Waals surface area (Å²) < 4.78 is 16.8. The van der Waals surface area contributed by atoms with Crippen LogP contribution in [0.15, 0.2) is 0 Å². The van der Waals surface area contributed by atoms with Crippen LogP contribution in [0, 0.1) is 0 Å². The molecule has 0 radical (unpaired) electrons. The fourth-order valence-corrected chi connectivity index (χ4v) is 1.62. The highest BCUT2D eigenvalue weighted by molar-refractivity contribution is 7.58. The molecule has 62 valence electrons. The smallest absolute Gasteiger partial charge is 0.202 e. The van der Waals surface area contributed by atoms with E-state index in [-0.39, 0.29) is 11.8 Å². The van der Waals surface area contributed by atoms with Crippen LogP contribution in [0.5, 0.6) is 0 Å². The Hall–Kier alpha value is 0.190. The molecule has 0 aliphatic carbocycles. The lowest BCUT2D eigenvalue weighted by atomic mass is 10.5. The Labute approximate surface area is 63.4 Å². The average Bonchev–Trinajstić information content (AvgIpc) is 1.60. The lowest BCUT2D eigenvalue weighted by Crippen LogP contribution is -2.06. The second kappa shape index (κ2) is 3.54. The van der Waals surface area contributed by atoms with Crippen LogP contribution in [0.4, 0.5) is 0 Å². The van der Waals surface area contributed by atoms with Gasteiger partial charge in [-0.3, -0.25) is 4.57 Å². The number of rotatable bonds is 3. The van der Waals surface area contributed by atoms with Gasteiger partial charge in [0.2, 0.25) is 7.37 Å². The molecule has 0 spiro atoms. The molecular weight excluding hydrogens is 147 g/mol. The predicted octanol–water partition coefficient (Wildman–Crippen LogP) is 2.73. The van der Waals surface area contributed by atoms with E-state index >= 15 is 0 Å². The molecule has 10 heavy (non-hydrogen) atoms. The summed E-state index contributed by atoms with van der Waals surface area (Å²) in [4.78, 5) is 0. The molecule has 0 aliphatic rings. The Bertz CT molecular complexity index is 141. The van der Waals surface area contributed by atoms with Gasteiger partial charge in [-0.15, -0.1) is 0 Å². The molecule has 0 aromatic carbocycles. The Morgan fingerprint density at radius 1 is 1.20 bits per heavy atom. The van der Waals surface area contributed by atoms with Crippen molar-refractivity contribution in [3.63, 3.8) is 0 Å². The van der Waals surface area contributed by atoms with Crippen molar-refractivity contribution in [3.8, 4) is 0 Å². The monoisotopic (exact) mass is 164 g/mol. The van der Waals surface area contributed by atoms with E-state index in [1.54, 1.807) is 6.66 Å². The molecule has 0 aromatic heterocycles. The molecule has 0 rings (SSSR count). The zero-order valence-electron chi connectivity index (χ0n) is 7.42. The molecule has 0 unspecified atom stereocenters. The Morgan fingerprint density at radius 2 is 1.60 bits per heavy atom. The molecule has 0 saturated carbocycles. The topological polar surface area (TPSA) is 26.3 Å². The number of hydrogen-bond acceptors (Lipinski definition) is 2. The van der Waals surface area contributed by atoms with Gasteiger partial charge in [-0.2, -0.15) is 0 Å². The summed E-state index contributed by atoms with van der Waals surface area (Å²) in [6, 6.07) is 0. The molecule has 0 heterocycles. The fraction of sp³-hybridized carbons (Fsp3) is 1.00. The molecule has 0 N–H and O–H groups in total. The van der Waals surface area contributed by atoms with Crippen LogP contribution in [0.2, 0.25) is 0 Å². The lowest BCUT2D eigenvalue weighted by Gasteiger charge is -2.19. The van der Waals surface area contributed by atoms with Crippen LogP contribution >= 0.6 is 7.37 Å². The summed E-state index contributed by atoms with van der Waals surface area (Å²) in [7, 11) is -2.32. The first kappa shape index (κ1) is 10.2. The van der Waals surface area contributed by atoms with Gasteiger partial charge in [-0.25, -0.2) is 0 Å². The molecule has 0 aliphatic heterocycles. The summed E-state index contributed by atoms with van der Waals surface area (Å²) in [5.74, 6) is 0. The Balaban J connectivity index is 4.01. The maximum absolute atomic E-state index is 11.5. The van der Waals surface area contributed by atoms with Gasteiger partial charge in [-0.05, 0) is 13.8 Å². The van der Waals surface area contributed by atoms with Crippen LogP contribution in [-0.2, 0) is 9.09 Å². The first-order chi connectivity index (χ1) is 4.36. The third-order valence-corrected chi connectivity index (χ3v) is 4.07. The molecule has 2 nitrogen and oxygen atoms in total. The lowest BCUT2D eigenvalue weighted by molar-refractivity contribution is 0.243. The molecule has 0 bridgehead atoms. The van der Waals surface area contributed by atoms with Crippen LogP contribution in [0.3, 0.4) is 0 Å². The largest absolute Gasteiger partial charge is 0.326 e. The van der Waals surface area contributed by atoms with Crippen LogP contribution < -0.4 is 0 Å². The van der Waals surface area contributed by atoms with Gasteiger partial charge in [0.1, 0.15) is 0 Å². The van der Waals surface area contributed by atoms with E-state index in [4.69, 9.17) is 4.52 Å². The minimum atomic E-state index is -2.32. The maximum atomic E-state index is 11.5. The Morgan fingerprint density at radius 3 is 1.70 bits per heavy atom. The quantitative estimate of drug-likeness (QED) is 0.599. The van der Waals surface area contributed by atoms with E-state index in [1.807, 2.05) is 27.7 Å². The zero-order valence-corrected chi connectivity index (χ0v) is 8.31. The molecule has 0 fully saturated rings. The third-order valence-electron chi connectivity index (χ3n) is 1.36. The molecule has 0 aromatic rings. The second-order valence-corrected chi connectivity index (χ2v) is 6.22. The summed E-state index contributed by atoms with van der Waals surface area (Å²) >= 11 is 0. The van der Waals surface area contributed by atoms with E-state index < -0.39 is 7.37 Å². The van der Waals surface area contributed by atoms with Gasteiger partial charge in [0.15, 0.2) is 0 Å².